The molecule has 0 aromatic heterocycles. The number of morpholine rings is 1. The van der Waals surface area contributed by atoms with Crippen molar-refractivity contribution in [1.82, 2.24) is 9.80 Å². The van der Waals surface area contributed by atoms with Gasteiger partial charge in [0.15, 0.2) is 5.60 Å². The third kappa shape index (κ3) is 2.81. The number of nitrogens with zero attached hydrogens (tertiary/aromatic N) is 2. The van der Waals surface area contributed by atoms with E-state index in [-0.39, 0.29) is 5.91 Å². The molecule has 0 aromatic rings. The number of hydrogen-bond acceptors (Lipinski definition) is 4. The third-order valence-electron chi connectivity index (χ3n) is 3.69. The highest BCUT2D eigenvalue weighted by atomic mass is 16.5. The van der Waals surface area contributed by atoms with Crippen molar-refractivity contribution in [3.8, 4) is 0 Å². The van der Waals surface area contributed by atoms with Gasteiger partial charge in [-0.3, -0.25) is 14.5 Å². The van der Waals surface area contributed by atoms with Crippen LogP contribution in [0.2, 0.25) is 0 Å². The molecule has 0 aromatic carbocycles. The zero-order valence-corrected chi connectivity index (χ0v) is 10.9. The molecule has 2 N–H and O–H groups in total. The van der Waals surface area contributed by atoms with Crippen LogP contribution in [0.5, 0.6) is 0 Å². The molecule has 1 atom stereocenters. The van der Waals surface area contributed by atoms with Crippen molar-refractivity contribution in [3.63, 3.8) is 0 Å². The molecule has 2 rings (SSSR count). The molecule has 6 heteroatoms. The zero-order valence-electron chi connectivity index (χ0n) is 10.9. The minimum absolute atomic E-state index is 0.140. The van der Waals surface area contributed by atoms with Gasteiger partial charge in [-0.25, -0.2) is 0 Å². The first kappa shape index (κ1) is 13.3. The van der Waals surface area contributed by atoms with Gasteiger partial charge in [0.05, 0.1) is 13.2 Å². The van der Waals surface area contributed by atoms with Crippen LogP contribution in [0, 0.1) is 0 Å². The fourth-order valence-electron chi connectivity index (χ4n) is 2.49. The van der Waals surface area contributed by atoms with Crippen LogP contribution in [0.4, 0.5) is 0 Å². The van der Waals surface area contributed by atoms with Gasteiger partial charge in [0.2, 0.25) is 5.91 Å². The summed E-state index contributed by atoms with van der Waals surface area (Å²) in [6.07, 6.45) is 2.18. The first-order chi connectivity index (χ1) is 8.51. The summed E-state index contributed by atoms with van der Waals surface area (Å²) in [6.45, 7) is 5.25. The topological polar surface area (TPSA) is 75.9 Å². The molecule has 2 amide bonds. The van der Waals surface area contributed by atoms with Crippen LogP contribution in [0.25, 0.3) is 0 Å². The molecule has 0 aliphatic carbocycles. The quantitative estimate of drug-likeness (QED) is 0.715. The second-order valence-electron chi connectivity index (χ2n) is 5.24. The number of amides is 2. The number of rotatable bonds is 3. The SMILES string of the molecule is C[C@@]1(C(N)=O)CN(CC(=O)N2CCCC2)CCO1. The monoisotopic (exact) mass is 255 g/mol. The summed E-state index contributed by atoms with van der Waals surface area (Å²) in [5, 5.41) is 0. The average molecular weight is 255 g/mol. The minimum atomic E-state index is -0.969. The van der Waals surface area contributed by atoms with Crippen LogP contribution in [-0.2, 0) is 14.3 Å². The summed E-state index contributed by atoms with van der Waals surface area (Å²) in [6, 6.07) is 0. The lowest BCUT2D eigenvalue weighted by Gasteiger charge is -2.38. The smallest absolute Gasteiger partial charge is 0.250 e. The number of primary amides is 1. The van der Waals surface area contributed by atoms with Crippen molar-refractivity contribution >= 4 is 11.8 Å². The lowest BCUT2D eigenvalue weighted by molar-refractivity contribution is -0.155. The van der Waals surface area contributed by atoms with Gasteiger partial charge >= 0.3 is 0 Å². The lowest BCUT2D eigenvalue weighted by atomic mass is 10.0. The van der Waals surface area contributed by atoms with Crippen molar-refractivity contribution in [3.05, 3.63) is 0 Å². The summed E-state index contributed by atoms with van der Waals surface area (Å²) in [5.41, 5.74) is 4.36. The van der Waals surface area contributed by atoms with Crippen LogP contribution >= 0.6 is 0 Å². The van der Waals surface area contributed by atoms with E-state index in [1.165, 1.54) is 0 Å². The van der Waals surface area contributed by atoms with E-state index >= 15 is 0 Å². The Morgan fingerprint density at radius 3 is 2.56 bits per heavy atom. The standard InChI is InChI=1S/C12H21N3O3/c1-12(11(13)17)9-14(6-7-18-12)8-10(16)15-4-2-3-5-15/h2-9H2,1H3,(H2,13,17)/t12-/m0/s1. The molecule has 2 aliphatic heterocycles. The Labute approximate surface area is 107 Å². The second-order valence-corrected chi connectivity index (χ2v) is 5.24. The van der Waals surface area contributed by atoms with Gasteiger partial charge in [0.1, 0.15) is 0 Å². The molecule has 18 heavy (non-hydrogen) atoms. The summed E-state index contributed by atoms with van der Waals surface area (Å²) in [7, 11) is 0. The highest BCUT2D eigenvalue weighted by Gasteiger charge is 2.38. The zero-order chi connectivity index (χ0) is 13.2. The molecule has 0 unspecified atom stereocenters. The highest BCUT2D eigenvalue weighted by Crippen LogP contribution is 2.17. The van der Waals surface area contributed by atoms with E-state index in [0.29, 0.717) is 26.2 Å². The lowest BCUT2D eigenvalue weighted by Crippen LogP contribution is -2.58. The fraction of sp³-hybridized carbons (Fsp3) is 0.833. The molecule has 2 heterocycles. The first-order valence-corrected chi connectivity index (χ1v) is 6.45. The predicted molar refractivity (Wildman–Crippen MR) is 65.8 cm³/mol. The van der Waals surface area contributed by atoms with E-state index in [1.54, 1.807) is 6.92 Å². The van der Waals surface area contributed by atoms with Gasteiger partial charge < -0.3 is 15.4 Å². The Bertz CT molecular complexity index is 341. The van der Waals surface area contributed by atoms with Crippen molar-refractivity contribution in [2.75, 3.05) is 39.3 Å². The van der Waals surface area contributed by atoms with Crippen LogP contribution in [-0.4, -0.2) is 66.5 Å². The van der Waals surface area contributed by atoms with Crippen molar-refractivity contribution < 1.29 is 14.3 Å². The number of ether oxygens (including phenoxy) is 1. The maximum Gasteiger partial charge on any atom is 0.250 e. The predicted octanol–water partition coefficient (Wildman–Crippen LogP) is -0.815. The number of carbonyl (C=O) groups excluding carboxylic acids is 2. The number of hydrogen-bond donors (Lipinski definition) is 1. The Morgan fingerprint density at radius 1 is 1.28 bits per heavy atom. The summed E-state index contributed by atoms with van der Waals surface area (Å²) in [4.78, 5) is 27.2. The van der Waals surface area contributed by atoms with E-state index in [1.807, 2.05) is 9.80 Å². The largest absolute Gasteiger partial charge is 0.367 e. The third-order valence-corrected chi connectivity index (χ3v) is 3.69. The van der Waals surface area contributed by atoms with Crippen LogP contribution in [0.1, 0.15) is 19.8 Å². The second kappa shape index (κ2) is 5.24. The van der Waals surface area contributed by atoms with Crippen molar-refractivity contribution in [1.29, 1.82) is 0 Å². The molecule has 0 saturated carbocycles. The van der Waals surface area contributed by atoms with Gasteiger partial charge in [0, 0.05) is 26.2 Å². The average Bonchev–Trinajstić information content (AvgIpc) is 2.82. The Hall–Kier alpha value is -1.14. The van der Waals surface area contributed by atoms with E-state index < -0.39 is 11.5 Å². The van der Waals surface area contributed by atoms with Crippen LogP contribution in [0.3, 0.4) is 0 Å². The molecular formula is C12H21N3O3. The summed E-state index contributed by atoms with van der Waals surface area (Å²) < 4.78 is 5.42. The molecule has 0 spiro atoms. The Morgan fingerprint density at radius 2 is 1.94 bits per heavy atom. The van der Waals surface area contributed by atoms with E-state index in [4.69, 9.17) is 10.5 Å². The van der Waals surface area contributed by atoms with E-state index in [9.17, 15) is 9.59 Å². The van der Waals surface area contributed by atoms with Crippen LogP contribution in [0.15, 0.2) is 0 Å². The number of likely N-dealkylation sites (tertiary alicyclic amines) is 1. The van der Waals surface area contributed by atoms with Gasteiger partial charge in [-0.2, -0.15) is 0 Å². The normalized spacial score (nSPS) is 29.5. The molecule has 6 nitrogen and oxygen atoms in total. The van der Waals surface area contributed by atoms with E-state index in [0.717, 1.165) is 25.9 Å². The molecule has 102 valence electrons. The molecular weight excluding hydrogens is 234 g/mol. The Kier molecular flexibility index (Phi) is 3.87. The van der Waals surface area contributed by atoms with Crippen molar-refractivity contribution in [2.24, 2.45) is 5.73 Å². The highest BCUT2D eigenvalue weighted by molar-refractivity contribution is 5.83. The molecule has 0 bridgehead atoms. The van der Waals surface area contributed by atoms with Gasteiger partial charge in [-0.05, 0) is 19.8 Å². The molecule has 2 saturated heterocycles. The molecule has 0 radical (unpaired) electrons. The Balaban J connectivity index is 1.89. The number of nitrogens with two attached hydrogens (primary N) is 1. The maximum atomic E-state index is 12.0. The molecule has 2 fully saturated rings. The van der Waals surface area contributed by atoms with Crippen molar-refractivity contribution in [2.45, 2.75) is 25.4 Å². The number of carbonyl (C=O) groups is 2. The van der Waals surface area contributed by atoms with Gasteiger partial charge in [-0.1, -0.05) is 0 Å². The van der Waals surface area contributed by atoms with E-state index in [2.05, 4.69) is 0 Å². The maximum absolute atomic E-state index is 12.0. The summed E-state index contributed by atoms with van der Waals surface area (Å²) >= 11 is 0. The molecule has 2 aliphatic rings. The first-order valence-electron chi connectivity index (χ1n) is 6.45. The minimum Gasteiger partial charge on any atom is -0.367 e. The van der Waals surface area contributed by atoms with Gasteiger partial charge in [-0.15, -0.1) is 0 Å². The van der Waals surface area contributed by atoms with Gasteiger partial charge in [0.25, 0.3) is 5.91 Å². The fourth-order valence-corrected chi connectivity index (χ4v) is 2.49. The summed E-state index contributed by atoms with van der Waals surface area (Å²) in [5.74, 6) is -0.331. The van der Waals surface area contributed by atoms with Crippen LogP contribution < -0.4 is 5.73 Å².